The minimum Gasteiger partial charge on any atom is -0.494 e. The highest BCUT2D eigenvalue weighted by Gasteiger charge is 2.16. The zero-order chi connectivity index (χ0) is 27.8. The summed E-state index contributed by atoms with van der Waals surface area (Å²) >= 11 is 1.13. The van der Waals surface area contributed by atoms with E-state index in [4.69, 9.17) is 18.9 Å². The molecule has 0 bridgehead atoms. The van der Waals surface area contributed by atoms with Crippen LogP contribution in [0.25, 0.3) is 16.6 Å². The van der Waals surface area contributed by atoms with E-state index >= 15 is 0 Å². The quantitative estimate of drug-likeness (QED) is 0.129. The fourth-order valence-electron chi connectivity index (χ4n) is 3.86. The molecule has 0 unspecified atom stereocenters. The largest absolute Gasteiger partial charge is 0.494 e. The lowest BCUT2D eigenvalue weighted by Crippen LogP contribution is -2.24. The molecule has 10 nitrogen and oxygen atoms in total. The predicted molar refractivity (Wildman–Crippen MR) is 151 cm³/mol. The highest BCUT2D eigenvalue weighted by Crippen LogP contribution is 2.39. The monoisotopic (exact) mass is 548 g/mol. The molecule has 4 aromatic rings. The Balaban J connectivity index is 1.54. The minimum atomic E-state index is -0.378. The first-order valence-electron chi connectivity index (χ1n) is 12.0. The number of para-hydroxylation sites is 1. The van der Waals surface area contributed by atoms with E-state index in [0.29, 0.717) is 56.9 Å². The van der Waals surface area contributed by atoms with Crippen LogP contribution in [0.4, 0.5) is 0 Å². The molecule has 0 fully saturated rings. The molecule has 202 valence electrons. The van der Waals surface area contributed by atoms with E-state index in [2.05, 4.69) is 15.5 Å². The van der Waals surface area contributed by atoms with Crippen molar-refractivity contribution in [3.8, 4) is 28.7 Å². The topological polar surface area (TPSA) is 113 Å². The van der Waals surface area contributed by atoms with Crippen molar-refractivity contribution in [1.82, 2.24) is 15.0 Å². The predicted octanol–water partition coefficient (Wildman–Crippen LogP) is 4.05. The molecule has 4 rings (SSSR count). The summed E-state index contributed by atoms with van der Waals surface area (Å²) in [6.45, 7) is 2.44. The molecule has 0 saturated carbocycles. The van der Waals surface area contributed by atoms with E-state index in [9.17, 15) is 9.59 Å². The van der Waals surface area contributed by atoms with Crippen molar-refractivity contribution in [1.29, 1.82) is 0 Å². The zero-order valence-electron chi connectivity index (χ0n) is 22.0. The van der Waals surface area contributed by atoms with E-state index in [1.807, 2.05) is 13.0 Å². The number of thioether (sulfide) groups is 1. The van der Waals surface area contributed by atoms with Gasteiger partial charge in [-0.3, -0.25) is 14.2 Å². The van der Waals surface area contributed by atoms with Gasteiger partial charge in [0, 0.05) is 5.56 Å². The van der Waals surface area contributed by atoms with Crippen LogP contribution in [0.2, 0.25) is 0 Å². The Labute approximate surface area is 229 Å². The van der Waals surface area contributed by atoms with Gasteiger partial charge in [-0.15, -0.1) is 0 Å². The van der Waals surface area contributed by atoms with Crippen LogP contribution in [0.3, 0.4) is 0 Å². The van der Waals surface area contributed by atoms with Crippen molar-refractivity contribution in [2.45, 2.75) is 12.1 Å². The Hall–Kier alpha value is -4.51. The van der Waals surface area contributed by atoms with Crippen LogP contribution in [0.1, 0.15) is 12.5 Å². The van der Waals surface area contributed by atoms with Gasteiger partial charge in [0.15, 0.2) is 16.7 Å². The van der Waals surface area contributed by atoms with Crippen LogP contribution in [0, 0.1) is 0 Å². The lowest BCUT2D eigenvalue weighted by Gasteiger charge is -2.14. The normalized spacial score (nSPS) is 11.0. The fourth-order valence-corrected chi connectivity index (χ4v) is 4.66. The second-order valence-electron chi connectivity index (χ2n) is 7.98. The Morgan fingerprint density at radius 1 is 1.00 bits per heavy atom. The highest BCUT2D eigenvalue weighted by molar-refractivity contribution is 7.99. The molecular formula is C28H28N4O6S. The lowest BCUT2D eigenvalue weighted by atomic mass is 10.2. The van der Waals surface area contributed by atoms with Gasteiger partial charge in [-0.25, -0.2) is 10.4 Å². The number of fused-ring (bicyclic) bond motifs is 1. The second kappa shape index (κ2) is 12.8. The van der Waals surface area contributed by atoms with Crippen molar-refractivity contribution >= 4 is 34.8 Å². The molecule has 1 heterocycles. The van der Waals surface area contributed by atoms with Gasteiger partial charge < -0.3 is 18.9 Å². The summed E-state index contributed by atoms with van der Waals surface area (Å²) < 4.78 is 23.1. The number of rotatable bonds is 11. The molecule has 1 N–H and O–H groups in total. The number of nitrogens with zero attached hydrogens (tertiary/aromatic N) is 3. The Bertz CT molecular complexity index is 1550. The van der Waals surface area contributed by atoms with E-state index in [-0.39, 0.29) is 17.2 Å². The van der Waals surface area contributed by atoms with Gasteiger partial charge in [0.05, 0.1) is 56.5 Å². The summed E-state index contributed by atoms with van der Waals surface area (Å²) in [7, 11) is 4.54. The smallest absolute Gasteiger partial charge is 0.266 e. The van der Waals surface area contributed by atoms with Crippen LogP contribution in [-0.4, -0.2) is 55.4 Å². The number of ether oxygens (including phenoxy) is 4. The van der Waals surface area contributed by atoms with Gasteiger partial charge in [0.1, 0.15) is 5.75 Å². The first-order chi connectivity index (χ1) is 19.0. The van der Waals surface area contributed by atoms with Crippen molar-refractivity contribution in [3.05, 3.63) is 76.6 Å². The van der Waals surface area contributed by atoms with Gasteiger partial charge in [-0.05, 0) is 55.5 Å². The van der Waals surface area contributed by atoms with Crippen molar-refractivity contribution in [2.75, 3.05) is 33.7 Å². The number of hydrogen-bond donors (Lipinski definition) is 1. The number of aromatic nitrogens is 2. The highest BCUT2D eigenvalue weighted by atomic mass is 32.2. The van der Waals surface area contributed by atoms with Gasteiger partial charge in [-0.1, -0.05) is 23.9 Å². The Morgan fingerprint density at radius 2 is 1.74 bits per heavy atom. The standard InChI is InChI=1S/C28H28N4O6S/c1-5-38-20-13-11-19(12-14-20)32-27(34)21-8-6-7-9-22(21)30-28(32)39-17-24(33)31-29-16-18-10-15-23(35-2)26(37-4)25(18)36-3/h6-16H,5,17H2,1-4H3,(H,31,33). The van der Waals surface area contributed by atoms with Gasteiger partial charge in [0.25, 0.3) is 11.5 Å². The number of nitrogens with one attached hydrogen (secondary N) is 1. The Kier molecular flexibility index (Phi) is 9.06. The molecule has 3 aromatic carbocycles. The number of benzene rings is 3. The molecular weight excluding hydrogens is 520 g/mol. The van der Waals surface area contributed by atoms with E-state index in [1.54, 1.807) is 54.6 Å². The van der Waals surface area contributed by atoms with Crippen LogP contribution >= 0.6 is 11.8 Å². The molecule has 1 amide bonds. The average Bonchev–Trinajstić information content (AvgIpc) is 2.96. The molecule has 0 saturated heterocycles. The molecule has 0 aliphatic heterocycles. The molecule has 1 aromatic heterocycles. The molecule has 0 aliphatic rings. The summed E-state index contributed by atoms with van der Waals surface area (Å²) in [4.78, 5) is 30.7. The number of methoxy groups -OCH3 is 3. The van der Waals surface area contributed by atoms with Gasteiger partial charge >= 0.3 is 0 Å². The van der Waals surface area contributed by atoms with Crippen molar-refractivity contribution in [2.24, 2.45) is 5.10 Å². The van der Waals surface area contributed by atoms with E-state index < -0.39 is 0 Å². The number of carbonyl (C=O) groups excluding carboxylic acids is 1. The second-order valence-corrected chi connectivity index (χ2v) is 8.93. The maximum atomic E-state index is 13.4. The number of amides is 1. The summed E-state index contributed by atoms with van der Waals surface area (Å²) in [5.41, 5.74) is 4.02. The molecule has 11 heteroatoms. The van der Waals surface area contributed by atoms with Gasteiger partial charge in [0.2, 0.25) is 5.75 Å². The summed E-state index contributed by atoms with van der Waals surface area (Å²) in [6.07, 6.45) is 1.45. The molecule has 0 atom stereocenters. The lowest BCUT2D eigenvalue weighted by molar-refractivity contribution is -0.118. The van der Waals surface area contributed by atoms with Gasteiger partial charge in [-0.2, -0.15) is 5.10 Å². The van der Waals surface area contributed by atoms with E-state index in [0.717, 1.165) is 11.8 Å². The maximum absolute atomic E-state index is 13.4. The van der Waals surface area contributed by atoms with Crippen molar-refractivity contribution < 1.29 is 23.7 Å². The SMILES string of the molecule is CCOc1ccc(-n2c(SCC(=O)NN=Cc3ccc(OC)c(OC)c3OC)nc3ccccc3c2=O)cc1. The number of hydrogen-bond acceptors (Lipinski definition) is 9. The minimum absolute atomic E-state index is 0.0256. The first kappa shape index (κ1) is 27.5. The summed E-state index contributed by atoms with van der Waals surface area (Å²) in [5.74, 6) is 1.64. The zero-order valence-corrected chi connectivity index (χ0v) is 22.8. The fraction of sp³-hybridized carbons (Fsp3) is 0.214. The third-order valence-electron chi connectivity index (χ3n) is 5.61. The van der Waals surface area contributed by atoms with Crippen LogP contribution in [0.5, 0.6) is 23.0 Å². The van der Waals surface area contributed by atoms with Crippen LogP contribution in [0.15, 0.2) is 75.7 Å². The summed E-state index contributed by atoms with van der Waals surface area (Å²) in [6, 6.07) is 17.7. The summed E-state index contributed by atoms with van der Waals surface area (Å²) in [5, 5.41) is 4.91. The molecule has 0 aliphatic carbocycles. The Morgan fingerprint density at radius 3 is 2.44 bits per heavy atom. The van der Waals surface area contributed by atoms with Crippen LogP contribution < -0.4 is 29.9 Å². The third kappa shape index (κ3) is 6.15. The van der Waals surface area contributed by atoms with Crippen LogP contribution in [-0.2, 0) is 4.79 Å². The molecule has 0 spiro atoms. The third-order valence-corrected chi connectivity index (χ3v) is 6.55. The van der Waals surface area contributed by atoms with E-state index in [1.165, 1.54) is 32.1 Å². The first-order valence-corrected chi connectivity index (χ1v) is 13.0. The number of hydrazone groups is 1. The van der Waals surface area contributed by atoms with Crippen molar-refractivity contribution in [3.63, 3.8) is 0 Å². The average molecular weight is 549 g/mol. The maximum Gasteiger partial charge on any atom is 0.266 e. The molecule has 0 radical (unpaired) electrons. The molecule has 39 heavy (non-hydrogen) atoms. The number of carbonyl (C=O) groups is 1.